The number of carbonyl (C=O) groups excluding carboxylic acids is 1. The highest BCUT2D eigenvalue weighted by molar-refractivity contribution is 9.10. The quantitative estimate of drug-likeness (QED) is 0.322. The van der Waals surface area contributed by atoms with E-state index in [0.29, 0.717) is 21.5 Å². The second-order valence-electron chi connectivity index (χ2n) is 6.78. The van der Waals surface area contributed by atoms with Crippen LogP contribution in [0.2, 0.25) is 0 Å². The minimum Gasteiger partial charge on any atom is -0.465 e. The molecule has 0 aliphatic carbocycles. The molecule has 1 saturated heterocycles. The van der Waals surface area contributed by atoms with Crippen LogP contribution in [0.5, 0.6) is 11.5 Å². The minimum atomic E-state index is -0.553. The van der Waals surface area contributed by atoms with E-state index in [1.165, 1.54) is 13.3 Å². The summed E-state index contributed by atoms with van der Waals surface area (Å²) in [4.78, 5) is 12.0. The molecule has 1 atom stereocenters. The normalized spacial score (nSPS) is 16.2. The van der Waals surface area contributed by atoms with Gasteiger partial charge in [-0.05, 0) is 49.9 Å². The number of aryl methyl sites for hydroxylation is 1. The van der Waals surface area contributed by atoms with Crippen molar-refractivity contribution >= 4 is 39.5 Å². The van der Waals surface area contributed by atoms with Gasteiger partial charge in [-0.25, -0.2) is 4.79 Å². The average Bonchev–Trinajstić information content (AvgIpc) is 2.73. The van der Waals surface area contributed by atoms with Gasteiger partial charge >= 0.3 is 5.97 Å². The number of ether oxygens (including phenoxy) is 3. The molecule has 1 aliphatic heterocycles. The molecular weight excluding hydrogens is 438 g/mol. The Kier molecular flexibility index (Phi) is 6.76. The SMILES string of the molecule is COC(=O)c1cc(Br)cc(Oc2c(C)ccc(NC3CCCCO3)c2C=N)c1N. The maximum atomic E-state index is 12.0. The highest BCUT2D eigenvalue weighted by Crippen LogP contribution is 2.38. The summed E-state index contributed by atoms with van der Waals surface area (Å²) in [6.45, 7) is 2.61. The van der Waals surface area contributed by atoms with E-state index in [9.17, 15) is 4.79 Å². The van der Waals surface area contributed by atoms with Gasteiger partial charge in [-0.15, -0.1) is 0 Å². The van der Waals surface area contributed by atoms with Gasteiger partial charge in [0.25, 0.3) is 0 Å². The zero-order valence-corrected chi connectivity index (χ0v) is 18.0. The summed E-state index contributed by atoms with van der Waals surface area (Å²) in [5.74, 6) is 0.237. The first-order chi connectivity index (χ1) is 13.9. The zero-order chi connectivity index (χ0) is 21.0. The maximum absolute atomic E-state index is 12.0. The second kappa shape index (κ2) is 9.28. The van der Waals surface area contributed by atoms with Crippen molar-refractivity contribution in [2.45, 2.75) is 32.4 Å². The zero-order valence-electron chi connectivity index (χ0n) is 16.4. The first-order valence-electron chi connectivity index (χ1n) is 9.32. The van der Waals surface area contributed by atoms with Gasteiger partial charge in [0, 0.05) is 23.0 Å². The van der Waals surface area contributed by atoms with E-state index in [0.717, 1.165) is 37.1 Å². The van der Waals surface area contributed by atoms with E-state index in [-0.39, 0.29) is 17.5 Å². The fourth-order valence-electron chi connectivity index (χ4n) is 3.21. The van der Waals surface area contributed by atoms with Crippen molar-refractivity contribution in [2.75, 3.05) is 24.8 Å². The highest BCUT2D eigenvalue weighted by atomic mass is 79.9. The van der Waals surface area contributed by atoms with Gasteiger partial charge in [0.1, 0.15) is 12.0 Å². The van der Waals surface area contributed by atoms with E-state index in [4.69, 9.17) is 25.4 Å². The van der Waals surface area contributed by atoms with Crippen LogP contribution in [0.1, 0.15) is 40.7 Å². The Morgan fingerprint density at radius 3 is 2.83 bits per heavy atom. The summed E-state index contributed by atoms with van der Waals surface area (Å²) < 4.78 is 17.3. The lowest BCUT2D eigenvalue weighted by molar-refractivity contribution is 0.0343. The molecule has 7 nitrogen and oxygen atoms in total. The minimum absolute atomic E-state index is 0.0973. The smallest absolute Gasteiger partial charge is 0.340 e. The van der Waals surface area contributed by atoms with Crippen molar-refractivity contribution in [1.82, 2.24) is 0 Å². The molecule has 0 saturated carbocycles. The lowest BCUT2D eigenvalue weighted by Gasteiger charge is -2.26. The molecule has 2 aromatic rings. The molecule has 0 bridgehead atoms. The number of nitrogens with one attached hydrogen (secondary N) is 2. The number of rotatable bonds is 6. The van der Waals surface area contributed by atoms with E-state index in [2.05, 4.69) is 21.2 Å². The first-order valence-corrected chi connectivity index (χ1v) is 10.1. The van der Waals surface area contributed by atoms with Gasteiger partial charge in [-0.1, -0.05) is 22.0 Å². The van der Waals surface area contributed by atoms with Crippen molar-refractivity contribution < 1.29 is 19.0 Å². The van der Waals surface area contributed by atoms with Crippen LogP contribution in [0.25, 0.3) is 0 Å². The summed E-state index contributed by atoms with van der Waals surface area (Å²) in [6.07, 6.45) is 4.20. The lowest BCUT2D eigenvalue weighted by atomic mass is 10.1. The topological polar surface area (TPSA) is 107 Å². The third-order valence-electron chi connectivity index (χ3n) is 4.76. The average molecular weight is 462 g/mol. The molecule has 1 fully saturated rings. The number of nitrogens with two attached hydrogens (primary N) is 1. The number of anilines is 2. The summed E-state index contributed by atoms with van der Waals surface area (Å²) in [5.41, 5.74) is 8.70. The molecule has 4 N–H and O–H groups in total. The van der Waals surface area contributed by atoms with Crippen LogP contribution >= 0.6 is 15.9 Å². The van der Waals surface area contributed by atoms with E-state index in [1.54, 1.807) is 12.1 Å². The van der Waals surface area contributed by atoms with Crippen LogP contribution in [-0.2, 0) is 9.47 Å². The largest absolute Gasteiger partial charge is 0.465 e. The molecule has 3 rings (SSSR count). The van der Waals surface area contributed by atoms with E-state index in [1.807, 2.05) is 19.1 Å². The molecule has 0 radical (unpaired) electrons. The summed E-state index contributed by atoms with van der Waals surface area (Å²) in [7, 11) is 1.29. The molecule has 1 aliphatic rings. The fraction of sp³-hybridized carbons (Fsp3) is 0.333. The van der Waals surface area contributed by atoms with Crippen molar-refractivity contribution in [3.8, 4) is 11.5 Å². The Bertz CT molecular complexity index is 927. The number of carbonyl (C=O) groups is 1. The Morgan fingerprint density at radius 1 is 1.38 bits per heavy atom. The summed E-state index contributed by atoms with van der Waals surface area (Å²) in [5, 5.41) is 11.3. The molecule has 0 aromatic heterocycles. The predicted molar refractivity (Wildman–Crippen MR) is 116 cm³/mol. The van der Waals surface area contributed by atoms with Gasteiger partial charge in [-0.3, -0.25) is 0 Å². The predicted octanol–water partition coefficient (Wildman–Crippen LogP) is 4.85. The Balaban J connectivity index is 1.99. The number of benzene rings is 2. The number of halogens is 1. The molecule has 1 unspecified atom stereocenters. The highest BCUT2D eigenvalue weighted by Gasteiger charge is 2.20. The van der Waals surface area contributed by atoms with Gasteiger partial charge in [-0.2, -0.15) is 0 Å². The number of hydrogen-bond donors (Lipinski definition) is 3. The van der Waals surface area contributed by atoms with Crippen LogP contribution in [-0.4, -0.2) is 32.1 Å². The van der Waals surface area contributed by atoms with E-state index >= 15 is 0 Å². The monoisotopic (exact) mass is 461 g/mol. The standard InChI is InChI=1S/C21H24BrN3O4/c1-12-6-7-16(25-18-5-3-4-8-28-18)15(11-23)20(12)29-17-10-13(22)9-14(19(17)24)21(26)27-2/h6-7,9-11,18,23,25H,3-5,8,24H2,1-2H3. The molecule has 154 valence electrons. The fourth-order valence-corrected chi connectivity index (χ4v) is 3.64. The molecule has 1 heterocycles. The van der Waals surface area contributed by atoms with Crippen molar-refractivity contribution in [2.24, 2.45) is 0 Å². The first kappa shape index (κ1) is 21.1. The van der Waals surface area contributed by atoms with Gasteiger partial charge in [0.2, 0.25) is 0 Å². The Hall–Kier alpha value is -2.58. The Morgan fingerprint density at radius 2 is 2.17 bits per heavy atom. The van der Waals surface area contributed by atoms with Gasteiger partial charge in [0.05, 0.1) is 23.9 Å². The molecule has 0 amide bonds. The number of methoxy groups -OCH3 is 1. The maximum Gasteiger partial charge on any atom is 0.340 e. The number of hydrogen-bond acceptors (Lipinski definition) is 7. The van der Waals surface area contributed by atoms with Crippen molar-refractivity contribution in [1.29, 1.82) is 5.41 Å². The molecule has 2 aromatic carbocycles. The Labute approximate surface area is 178 Å². The third kappa shape index (κ3) is 4.71. The van der Waals surface area contributed by atoms with Crippen LogP contribution < -0.4 is 15.8 Å². The molecule has 0 spiro atoms. The number of esters is 1. The molecular formula is C21H24BrN3O4. The van der Waals surface area contributed by atoms with Crippen LogP contribution in [0.3, 0.4) is 0 Å². The molecule has 8 heteroatoms. The molecule has 29 heavy (non-hydrogen) atoms. The van der Waals surface area contributed by atoms with Gasteiger partial charge in [0.15, 0.2) is 5.75 Å². The van der Waals surface area contributed by atoms with Crippen LogP contribution in [0, 0.1) is 12.3 Å². The lowest BCUT2D eigenvalue weighted by Crippen LogP contribution is -2.27. The van der Waals surface area contributed by atoms with Crippen LogP contribution in [0.4, 0.5) is 11.4 Å². The van der Waals surface area contributed by atoms with Gasteiger partial charge < -0.3 is 30.7 Å². The third-order valence-corrected chi connectivity index (χ3v) is 5.22. The second-order valence-corrected chi connectivity index (χ2v) is 7.69. The number of nitrogen functional groups attached to an aromatic ring is 1. The summed E-state index contributed by atoms with van der Waals surface area (Å²) >= 11 is 3.38. The van der Waals surface area contributed by atoms with E-state index < -0.39 is 5.97 Å². The summed E-state index contributed by atoms with van der Waals surface area (Å²) in [6, 6.07) is 7.07. The van der Waals surface area contributed by atoms with Crippen LogP contribution in [0.15, 0.2) is 28.7 Å². The van der Waals surface area contributed by atoms with Crippen molar-refractivity contribution in [3.63, 3.8) is 0 Å². The van der Waals surface area contributed by atoms with Crippen molar-refractivity contribution in [3.05, 3.63) is 45.4 Å².